The summed E-state index contributed by atoms with van der Waals surface area (Å²) in [5.41, 5.74) is -1.89. The Morgan fingerprint density at radius 3 is 2.61 bits per heavy atom. The number of hydrogen-bond acceptors (Lipinski definition) is 8. The fraction of sp³-hybridized carbons (Fsp3) is 0.609. The van der Waals surface area contributed by atoms with E-state index in [-0.39, 0.29) is 31.6 Å². The third-order valence-electron chi connectivity index (χ3n) is 6.31. The standard InChI is InChI=1S/C23H30F3N7O3/c1-14(30-18-11-29-31-21(35)20(18)23(24,25)26)13-36-8-5-19(34)33-7-6-32(12-15(33)2)22-27-9-17(10-28-22)16-3-4-16/h9-11,14-16H,3-8,12-13H2,1-2H3,(H2,30,31,35)/t14?,15-/m0/s1. The highest BCUT2D eigenvalue weighted by molar-refractivity contribution is 5.77. The Bertz CT molecular complexity index is 1110. The molecule has 2 N–H and O–H groups in total. The third-order valence-corrected chi connectivity index (χ3v) is 6.31. The lowest BCUT2D eigenvalue weighted by atomic mass is 10.2. The van der Waals surface area contributed by atoms with Crippen molar-refractivity contribution in [2.24, 2.45) is 0 Å². The van der Waals surface area contributed by atoms with Crippen molar-refractivity contribution in [3.05, 3.63) is 40.1 Å². The Morgan fingerprint density at radius 2 is 1.97 bits per heavy atom. The normalized spacial score (nSPS) is 19.3. The molecule has 0 radical (unpaired) electrons. The summed E-state index contributed by atoms with van der Waals surface area (Å²) in [5.74, 6) is 1.23. The maximum absolute atomic E-state index is 13.2. The van der Waals surface area contributed by atoms with Crippen LogP contribution in [-0.2, 0) is 15.7 Å². The van der Waals surface area contributed by atoms with Crippen LogP contribution in [0.5, 0.6) is 0 Å². The van der Waals surface area contributed by atoms with Crippen molar-refractivity contribution in [3.8, 4) is 0 Å². The summed E-state index contributed by atoms with van der Waals surface area (Å²) in [6, 6.07) is -0.568. The van der Waals surface area contributed by atoms with E-state index in [1.54, 1.807) is 16.9 Å². The van der Waals surface area contributed by atoms with Gasteiger partial charge in [0.2, 0.25) is 11.9 Å². The molecule has 1 saturated heterocycles. The number of piperazine rings is 1. The lowest BCUT2D eigenvalue weighted by Crippen LogP contribution is -2.54. The van der Waals surface area contributed by atoms with Crippen molar-refractivity contribution in [2.45, 2.75) is 57.3 Å². The highest BCUT2D eigenvalue weighted by Crippen LogP contribution is 2.39. The molecule has 0 spiro atoms. The van der Waals surface area contributed by atoms with Gasteiger partial charge in [-0.1, -0.05) is 0 Å². The molecule has 3 heterocycles. The number of carbonyl (C=O) groups excluding carboxylic acids is 1. The molecule has 13 heteroatoms. The highest BCUT2D eigenvalue weighted by Gasteiger charge is 2.37. The number of alkyl halides is 3. The molecule has 1 aliphatic heterocycles. The van der Waals surface area contributed by atoms with Crippen LogP contribution in [0, 0.1) is 0 Å². The van der Waals surface area contributed by atoms with Gasteiger partial charge in [-0.3, -0.25) is 9.59 Å². The lowest BCUT2D eigenvalue weighted by molar-refractivity contribution is -0.138. The minimum absolute atomic E-state index is 0.0250. The number of aromatic nitrogens is 4. The van der Waals surface area contributed by atoms with Gasteiger partial charge in [-0.15, -0.1) is 0 Å². The molecule has 2 atom stereocenters. The quantitative estimate of drug-likeness (QED) is 0.495. The van der Waals surface area contributed by atoms with Crippen LogP contribution in [0.3, 0.4) is 0 Å². The van der Waals surface area contributed by atoms with Gasteiger partial charge in [0.15, 0.2) is 0 Å². The van der Waals surface area contributed by atoms with Gasteiger partial charge in [-0.25, -0.2) is 15.1 Å². The molecule has 10 nitrogen and oxygen atoms in total. The Balaban J connectivity index is 1.20. The van der Waals surface area contributed by atoms with E-state index in [0.717, 1.165) is 6.20 Å². The minimum Gasteiger partial charge on any atom is -0.379 e. The number of carbonyl (C=O) groups is 1. The van der Waals surface area contributed by atoms with Crippen LogP contribution in [0.2, 0.25) is 0 Å². The lowest BCUT2D eigenvalue weighted by Gasteiger charge is -2.40. The van der Waals surface area contributed by atoms with E-state index in [1.807, 2.05) is 19.3 Å². The van der Waals surface area contributed by atoms with Crippen LogP contribution >= 0.6 is 0 Å². The molecule has 1 amide bonds. The molecule has 1 aliphatic carbocycles. The minimum atomic E-state index is -4.82. The van der Waals surface area contributed by atoms with Crippen LogP contribution in [0.1, 0.15) is 50.2 Å². The second-order valence-electron chi connectivity index (χ2n) is 9.33. The van der Waals surface area contributed by atoms with Crippen molar-refractivity contribution < 1.29 is 22.7 Å². The van der Waals surface area contributed by atoms with E-state index in [1.165, 1.54) is 18.4 Å². The molecule has 4 rings (SSSR count). The summed E-state index contributed by atoms with van der Waals surface area (Å²) < 4.78 is 45.0. The van der Waals surface area contributed by atoms with E-state index < -0.39 is 29.0 Å². The first-order valence-electron chi connectivity index (χ1n) is 12.0. The fourth-order valence-corrected chi connectivity index (χ4v) is 4.29. The second kappa shape index (κ2) is 10.8. The van der Waals surface area contributed by atoms with Gasteiger partial charge in [0.05, 0.1) is 31.5 Å². The first-order valence-corrected chi connectivity index (χ1v) is 12.0. The molecule has 0 aromatic carbocycles. The number of anilines is 2. The molecular formula is C23H30F3N7O3. The topological polar surface area (TPSA) is 116 Å². The Morgan fingerprint density at radius 1 is 1.25 bits per heavy atom. The Labute approximate surface area is 206 Å². The average molecular weight is 510 g/mol. The summed E-state index contributed by atoms with van der Waals surface area (Å²) in [6.45, 7) is 5.57. The van der Waals surface area contributed by atoms with Gasteiger partial charge in [0, 0.05) is 44.1 Å². The van der Waals surface area contributed by atoms with Crippen LogP contribution in [0.4, 0.5) is 24.8 Å². The molecule has 1 saturated carbocycles. The van der Waals surface area contributed by atoms with E-state index in [0.29, 0.717) is 31.5 Å². The molecule has 2 aromatic rings. The SMILES string of the molecule is CC(COCCC(=O)N1CCN(c2ncc(C3CC3)cn2)C[C@@H]1C)Nc1cn[nH]c(=O)c1C(F)(F)F. The predicted octanol–water partition coefficient (Wildman–Crippen LogP) is 2.40. The summed E-state index contributed by atoms with van der Waals surface area (Å²) in [7, 11) is 0. The van der Waals surface area contributed by atoms with Crippen molar-refractivity contribution in [2.75, 3.05) is 43.1 Å². The van der Waals surface area contributed by atoms with Crippen molar-refractivity contribution in [1.29, 1.82) is 0 Å². The predicted molar refractivity (Wildman–Crippen MR) is 126 cm³/mol. The van der Waals surface area contributed by atoms with E-state index in [9.17, 15) is 22.8 Å². The number of ether oxygens (including phenoxy) is 1. The van der Waals surface area contributed by atoms with Gasteiger partial charge in [0.1, 0.15) is 5.56 Å². The molecule has 196 valence electrons. The highest BCUT2D eigenvalue weighted by atomic mass is 19.4. The fourth-order valence-electron chi connectivity index (χ4n) is 4.29. The van der Waals surface area contributed by atoms with Crippen LogP contribution in [0.25, 0.3) is 0 Å². The number of amides is 1. The molecule has 2 aromatic heterocycles. The molecular weight excluding hydrogens is 479 g/mol. The number of hydrogen-bond donors (Lipinski definition) is 2. The number of nitrogens with one attached hydrogen (secondary N) is 2. The number of H-pyrrole nitrogens is 1. The van der Waals surface area contributed by atoms with Crippen LogP contribution in [-0.4, -0.2) is 75.9 Å². The summed E-state index contributed by atoms with van der Waals surface area (Å²) in [4.78, 5) is 37.2. The molecule has 2 fully saturated rings. The van der Waals surface area contributed by atoms with Crippen molar-refractivity contribution >= 4 is 17.5 Å². The second-order valence-corrected chi connectivity index (χ2v) is 9.33. The van der Waals surface area contributed by atoms with Crippen molar-refractivity contribution in [1.82, 2.24) is 25.1 Å². The number of rotatable bonds is 9. The van der Waals surface area contributed by atoms with Gasteiger partial charge in [-0.05, 0) is 38.2 Å². The zero-order valence-corrected chi connectivity index (χ0v) is 20.2. The zero-order chi connectivity index (χ0) is 25.9. The summed E-state index contributed by atoms with van der Waals surface area (Å²) in [5, 5.41) is 7.83. The summed E-state index contributed by atoms with van der Waals surface area (Å²) >= 11 is 0. The zero-order valence-electron chi connectivity index (χ0n) is 20.2. The smallest absolute Gasteiger partial charge is 0.379 e. The van der Waals surface area contributed by atoms with Gasteiger partial charge in [0.25, 0.3) is 5.56 Å². The average Bonchev–Trinajstić information content (AvgIpc) is 3.66. The van der Waals surface area contributed by atoms with Gasteiger partial charge >= 0.3 is 6.18 Å². The summed E-state index contributed by atoms with van der Waals surface area (Å²) in [6.07, 6.45) is 2.44. The largest absolute Gasteiger partial charge is 0.423 e. The third kappa shape index (κ3) is 6.31. The van der Waals surface area contributed by atoms with E-state index in [2.05, 4.69) is 25.3 Å². The van der Waals surface area contributed by atoms with Crippen molar-refractivity contribution in [3.63, 3.8) is 0 Å². The molecule has 2 aliphatic rings. The number of nitrogens with zero attached hydrogens (tertiary/aromatic N) is 5. The first-order chi connectivity index (χ1) is 17.1. The first kappa shape index (κ1) is 25.9. The monoisotopic (exact) mass is 509 g/mol. The maximum atomic E-state index is 13.2. The van der Waals surface area contributed by atoms with Gasteiger partial charge < -0.3 is 19.9 Å². The maximum Gasteiger partial charge on any atom is 0.423 e. The number of aromatic amines is 1. The molecule has 0 bridgehead atoms. The molecule has 36 heavy (non-hydrogen) atoms. The van der Waals surface area contributed by atoms with Gasteiger partial charge in [-0.2, -0.15) is 18.3 Å². The van der Waals surface area contributed by atoms with E-state index in [4.69, 9.17) is 4.74 Å². The Kier molecular flexibility index (Phi) is 7.76. The van der Waals surface area contributed by atoms with Crippen LogP contribution < -0.4 is 15.8 Å². The molecule has 1 unspecified atom stereocenters. The van der Waals surface area contributed by atoms with Crippen LogP contribution in [0.15, 0.2) is 23.4 Å². The van der Waals surface area contributed by atoms with E-state index >= 15 is 0 Å². The Hall–Kier alpha value is -3.22. The number of halogens is 3.